The molecule has 0 unspecified atom stereocenters. The molecule has 1 aromatic heterocycles. The molecule has 8 heteroatoms. The van der Waals surface area contributed by atoms with Crippen LogP contribution in [0, 0.1) is 0 Å². The van der Waals surface area contributed by atoms with Crippen molar-refractivity contribution in [3.8, 4) is 5.75 Å². The normalized spacial score (nSPS) is 12.2. The van der Waals surface area contributed by atoms with Crippen LogP contribution in [0.5, 0.6) is 5.75 Å². The Labute approximate surface area is 85.3 Å². The van der Waals surface area contributed by atoms with Crippen LogP contribution < -0.4 is 0 Å². The third-order valence-electron chi connectivity index (χ3n) is 1.49. The molecule has 1 N–H and O–H groups in total. The van der Waals surface area contributed by atoms with Crippen molar-refractivity contribution < 1.29 is 27.1 Å². The quantitative estimate of drug-likeness (QED) is 0.609. The predicted molar refractivity (Wildman–Crippen MR) is 40.9 cm³/mol. The molecule has 0 aliphatic heterocycles. The largest absolute Gasteiger partial charge is 0.505 e. The Hall–Kier alpha value is -1.11. The fourth-order valence-corrected chi connectivity index (χ4v) is 1.09. The minimum atomic E-state index is -5.03. The van der Waals surface area contributed by atoms with Gasteiger partial charge >= 0.3 is 6.18 Å². The molecular weight excluding hydrogens is 245 g/mol. The molecule has 0 amide bonds. The molecular formula is C7H3ClF5NO. The van der Waals surface area contributed by atoms with Gasteiger partial charge in [-0.15, -0.1) is 0 Å². The Morgan fingerprint density at radius 2 is 1.87 bits per heavy atom. The predicted octanol–water partition coefficient (Wildman–Crippen LogP) is 3.40. The number of aromatic nitrogens is 1. The van der Waals surface area contributed by atoms with Gasteiger partial charge in [-0.1, -0.05) is 11.6 Å². The monoisotopic (exact) mass is 247 g/mol. The first-order valence-corrected chi connectivity index (χ1v) is 3.86. The van der Waals surface area contributed by atoms with Gasteiger partial charge in [0, 0.05) is 0 Å². The summed E-state index contributed by atoms with van der Waals surface area (Å²) in [7, 11) is 0. The zero-order chi connectivity index (χ0) is 11.8. The molecule has 0 atom stereocenters. The van der Waals surface area contributed by atoms with Gasteiger partial charge in [-0.25, -0.2) is 13.8 Å². The van der Waals surface area contributed by atoms with Crippen molar-refractivity contribution in [3.63, 3.8) is 0 Å². The summed E-state index contributed by atoms with van der Waals surface area (Å²) in [5, 5.41) is 8.14. The van der Waals surface area contributed by atoms with Crippen molar-refractivity contribution in [2.24, 2.45) is 0 Å². The number of hydrogen-bond donors (Lipinski definition) is 1. The highest BCUT2D eigenvalue weighted by atomic mass is 35.5. The van der Waals surface area contributed by atoms with Crippen LogP contribution in [0.15, 0.2) is 6.07 Å². The summed E-state index contributed by atoms with van der Waals surface area (Å²) in [5.41, 5.74) is -3.01. The Balaban J connectivity index is 3.42. The van der Waals surface area contributed by atoms with Crippen molar-refractivity contribution in [3.05, 3.63) is 22.5 Å². The topological polar surface area (TPSA) is 33.1 Å². The third-order valence-corrected chi connectivity index (χ3v) is 1.69. The van der Waals surface area contributed by atoms with E-state index in [0.717, 1.165) is 0 Å². The van der Waals surface area contributed by atoms with Crippen molar-refractivity contribution >= 4 is 11.6 Å². The summed E-state index contributed by atoms with van der Waals surface area (Å²) in [5.74, 6) is -1.60. The van der Waals surface area contributed by atoms with E-state index in [1.165, 1.54) is 0 Å². The molecule has 0 radical (unpaired) electrons. The Bertz CT molecular complexity index is 378. The Morgan fingerprint density at radius 3 is 2.27 bits per heavy atom. The van der Waals surface area contributed by atoms with Gasteiger partial charge in [-0.05, 0) is 6.07 Å². The van der Waals surface area contributed by atoms with Crippen LogP contribution >= 0.6 is 11.6 Å². The molecule has 15 heavy (non-hydrogen) atoms. The number of nitrogens with zero attached hydrogens (tertiary/aromatic N) is 1. The fraction of sp³-hybridized carbons (Fsp3) is 0.286. The molecule has 0 bridgehead atoms. The second kappa shape index (κ2) is 3.80. The number of alkyl halides is 5. The average molecular weight is 248 g/mol. The first-order chi connectivity index (χ1) is 6.73. The average Bonchev–Trinajstić information content (AvgIpc) is 2.06. The number of halogens is 6. The van der Waals surface area contributed by atoms with Gasteiger partial charge in [0.05, 0.1) is 5.56 Å². The van der Waals surface area contributed by atoms with E-state index in [1.807, 2.05) is 0 Å². The van der Waals surface area contributed by atoms with Gasteiger partial charge in [-0.3, -0.25) is 0 Å². The maximum atomic E-state index is 12.2. The smallest absolute Gasteiger partial charge is 0.437 e. The van der Waals surface area contributed by atoms with Crippen LogP contribution in [0.3, 0.4) is 0 Å². The molecule has 0 saturated carbocycles. The van der Waals surface area contributed by atoms with E-state index in [2.05, 4.69) is 4.98 Å². The fourth-order valence-electron chi connectivity index (χ4n) is 0.889. The van der Waals surface area contributed by atoms with Gasteiger partial charge < -0.3 is 5.11 Å². The zero-order valence-corrected chi connectivity index (χ0v) is 7.57. The molecule has 1 rings (SSSR count). The van der Waals surface area contributed by atoms with E-state index < -0.39 is 34.8 Å². The van der Waals surface area contributed by atoms with Gasteiger partial charge in [0.1, 0.15) is 5.15 Å². The van der Waals surface area contributed by atoms with E-state index in [0.29, 0.717) is 6.07 Å². The number of rotatable bonds is 1. The maximum absolute atomic E-state index is 12.2. The second-order valence-corrected chi connectivity index (χ2v) is 2.92. The van der Waals surface area contributed by atoms with Gasteiger partial charge in [0.15, 0.2) is 11.4 Å². The van der Waals surface area contributed by atoms with Crippen LogP contribution in [0.4, 0.5) is 22.0 Å². The zero-order valence-electron chi connectivity index (χ0n) is 6.82. The lowest BCUT2D eigenvalue weighted by molar-refractivity contribution is -0.142. The standard InChI is InChI=1S/C7H3ClF5NO/c8-3-1-2(6(9)10)4(15)5(14-3)7(11,12)13/h1,6,15H. The Morgan fingerprint density at radius 1 is 1.33 bits per heavy atom. The highest BCUT2D eigenvalue weighted by molar-refractivity contribution is 6.29. The first-order valence-electron chi connectivity index (χ1n) is 3.48. The summed E-state index contributed by atoms with van der Waals surface area (Å²) < 4.78 is 60.8. The van der Waals surface area contributed by atoms with E-state index in [9.17, 15) is 22.0 Å². The lowest BCUT2D eigenvalue weighted by Gasteiger charge is -2.11. The van der Waals surface area contributed by atoms with E-state index in [1.54, 1.807) is 0 Å². The number of hydrogen-bond acceptors (Lipinski definition) is 2. The number of aromatic hydroxyl groups is 1. The highest BCUT2D eigenvalue weighted by Crippen LogP contribution is 2.40. The van der Waals surface area contributed by atoms with Crippen LogP contribution in [0.25, 0.3) is 0 Å². The molecule has 0 aromatic carbocycles. The lowest BCUT2D eigenvalue weighted by Crippen LogP contribution is -2.10. The summed E-state index contributed by atoms with van der Waals surface area (Å²) in [6.45, 7) is 0. The molecule has 1 aromatic rings. The minimum Gasteiger partial charge on any atom is -0.505 e. The SMILES string of the molecule is Oc1c(C(F)F)cc(Cl)nc1C(F)(F)F. The van der Waals surface area contributed by atoms with Crippen LogP contribution in [-0.2, 0) is 6.18 Å². The van der Waals surface area contributed by atoms with Gasteiger partial charge in [0.25, 0.3) is 6.43 Å². The van der Waals surface area contributed by atoms with Crippen LogP contribution in [-0.4, -0.2) is 10.1 Å². The second-order valence-electron chi connectivity index (χ2n) is 2.53. The van der Waals surface area contributed by atoms with E-state index in [-0.39, 0.29) is 0 Å². The van der Waals surface area contributed by atoms with Crippen molar-refractivity contribution in [2.75, 3.05) is 0 Å². The van der Waals surface area contributed by atoms with E-state index in [4.69, 9.17) is 16.7 Å². The molecule has 0 saturated heterocycles. The molecule has 84 valence electrons. The third kappa shape index (κ3) is 2.47. The molecule has 0 aliphatic rings. The highest BCUT2D eigenvalue weighted by Gasteiger charge is 2.38. The molecule has 0 aliphatic carbocycles. The van der Waals surface area contributed by atoms with Crippen molar-refractivity contribution in [1.82, 2.24) is 4.98 Å². The molecule has 0 fully saturated rings. The minimum absolute atomic E-state index is 0.483. The molecule has 1 heterocycles. The van der Waals surface area contributed by atoms with Gasteiger partial charge in [0.2, 0.25) is 0 Å². The number of pyridine rings is 1. The summed E-state index contributed by atoms with van der Waals surface area (Å²) in [4.78, 5) is 2.74. The van der Waals surface area contributed by atoms with Gasteiger partial charge in [-0.2, -0.15) is 13.2 Å². The first kappa shape index (κ1) is 12.0. The lowest BCUT2D eigenvalue weighted by atomic mass is 10.2. The van der Waals surface area contributed by atoms with E-state index >= 15 is 0 Å². The van der Waals surface area contributed by atoms with Crippen molar-refractivity contribution in [1.29, 1.82) is 0 Å². The summed E-state index contributed by atoms with van der Waals surface area (Å²) in [6, 6.07) is 0.483. The molecule has 0 spiro atoms. The molecule has 2 nitrogen and oxygen atoms in total. The van der Waals surface area contributed by atoms with Crippen molar-refractivity contribution in [2.45, 2.75) is 12.6 Å². The van der Waals surface area contributed by atoms with Crippen LogP contribution in [0.2, 0.25) is 5.15 Å². The van der Waals surface area contributed by atoms with Crippen LogP contribution in [0.1, 0.15) is 17.7 Å². The Kier molecular flexibility index (Phi) is 3.03. The summed E-state index contributed by atoms with van der Waals surface area (Å²) in [6.07, 6.45) is -8.29. The maximum Gasteiger partial charge on any atom is 0.437 e. The summed E-state index contributed by atoms with van der Waals surface area (Å²) >= 11 is 5.12.